The molecule has 7 heteroatoms. The summed E-state index contributed by atoms with van der Waals surface area (Å²) >= 11 is 0. The monoisotopic (exact) mass is 370 g/mol. The minimum atomic E-state index is -0.562. The van der Waals surface area contributed by atoms with E-state index in [1.807, 2.05) is 18.2 Å². The molecule has 1 saturated heterocycles. The summed E-state index contributed by atoms with van der Waals surface area (Å²) in [5, 5.41) is 5.92. The number of imide groups is 1. The summed E-state index contributed by atoms with van der Waals surface area (Å²) in [6.45, 7) is 1.84. The Bertz CT molecular complexity index is 778. The van der Waals surface area contributed by atoms with E-state index in [-0.39, 0.29) is 24.1 Å². The van der Waals surface area contributed by atoms with Gasteiger partial charge in [0.1, 0.15) is 6.04 Å². The molecule has 1 saturated carbocycles. The van der Waals surface area contributed by atoms with E-state index in [1.54, 1.807) is 4.90 Å². The molecule has 1 aromatic carbocycles. The molecule has 27 heavy (non-hydrogen) atoms. The lowest BCUT2D eigenvalue weighted by atomic mass is 10.0. The van der Waals surface area contributed by atoms with Crippen molar-refractivity contribution < 1.29 is 14.4 Å². The van der Waals surface area contributed by atoms with Gasteiger partial charge in [0.25, 0.3) is 5.91 Å². The molecule has 3 aliphatic rings. The van der Waals surface area contributed by atoms with Crippen LogP contribution < -0.4 is 16.4 Å². The van der Waals surface area contributed by atoms with Crippen LogP contribution in [-0.2, 0) is 22.7 Å². The highest BCUT2D eigenvalue weighted by Gasteiger charge is 2.39. The summed E-state index contributed by atoms with van der Waals surface area (Å²) in [4.78, 5) is 37.9. The second-order valence-electron chi connectivity index (χ2n) is 7.81. The number of nitrogens with one attached hydrogen (secondary N) is 2. The summed E-state index contributed by atoms with van der Waals surface area (Å²) < 4.78 is 0. The Morgan fingerprint density at radius 2 is 2.04 bits per heavy atom. The van der Waals surface area contributed by atoms with Gasteiger partial charge in [-0.1, -0.05) is 18.6 Å². The highest BCUT2D eigenvalue weighted by atomic mass is 16.2. The van der Waals surface area contributed by atoms with Crippen LogP contribution in [0.1, 0.15) is 53.6 Å². The van der Waals surface area contributed by atoms with Gasteiger partial charge in [-0.25, -0.2) is 0 Å². The third-order valence-electron chi connectivity index (χ3n) is 6.12. The smallest absolute Gasteiger partial charge is 0.255 e. The van der Waals surface area contributed by atoms with E-state index < -0.39 is 6.04 Å². The third-order valence-corrected chi connectivity index (χ3v) is 6.12. The summed E-state index contributed by atoms with van der Waals surface area (Å²) in [6.07, 6.45) is 4.20. The lowest BCUT2D eigenvalue weighted by molar-refractivity contribution is -0.136. The van der Waals surface area contributed by atoms with Gasteiger partial charge in [0.2, 0.25) is 11.8 Å². The van der Waals surface area contributed by atoms with Crippen molar-refractivity contribution in [1.82, 2.24) is 15.5 Å². The zero-order chi connectivity index (χ0) is 19.0. The molecule has 0 spiro atoms. The van der Waals surface area contributed by atoms with Gasteiger partial charge in [-0.15, -0.1) is 0 Å². The van der Waals surface area contributed by atoms with E-state index in [2.05, 4.69) is 10.6 Å². The second kappa shape index (κ2) is 7.40. The number of carbonyl (C=O) groups is 3. The van der Waals surface area contributed by atoms with Crippen molar-refractivity contribution in [3.63, 3.8) is 0 Å². The van der Waals surface area contributed by atoms with Crippen molar-refractivity contribution >= 4 is 17.7 Å². The van der Waals surface area contributed by atoms with Crippen LogP contribution >= 0.6 is 0 Å². The largest absolute Gasteiger partial charge is 0.330 e. The van der Waals surface area contributed by atoms with E-state index >= 15 is 0 Å². The molecule has 7 nitrogen and oxygen atoms in total. The number of rotatable bonds is 5. The SMILES string of the molecule is NC[C@H]1CCC[C@@H]1NCc1ccc2c(c1)C(=O)N(C1CCC(=O)NC1=O)C2. The third kappa shape index (κ3) is 3.49. The number of hydrogen-bond donors (Lipinski definition) is 3. The first-order valence-corrected chi connectivity index (χ1v) is 9.76. The summed E-state index contributed by atoms with van der Waals surface area (Å²) in [5.41, 5.74) is 8.52. The summed E-state index contributed by atoms with van der Waals surface area (Å²) in [6, 6.07) is 5.83. The Morgan fingerprint density at radius 3 is 2.81 bits per heavy atom. The number of nitrogens with two attached hydrogens (primary N) is 1. The van der Waals surface area contributed by atoms with Crippen molar-refractivity contribution in [1.29, 1.82) is 0 Å². The molecule has 144 valence electrons. The summed E-state index contributed by atoms with van der Waals surface area (Å²) in [7, 11) is 0. The fraction of sp³-hybridized carbons (Fsp3) is 0.550. The van der Waals surface area contributed by atoms with Crippen molar-refractivity contribution in [2.24, 2.45) is 11.7 Å². The van der Waals surface area contributed by atoms with Gasteiger partial charge in [-0.2, -0.15) is 0 Å². The zero-order valence-corrected chi connectivity index (χ0v) is 15.4. The average molecular weight is 370 g/mol. The molecule has 2 heterocycles. The van der Waals surface area contributed by atoms with Crippen molar-refractivity contribution in [3.05, 3.63) is 34.9 Å². The molecule has 0 bridgehead atoms. The van der Waals surface area contributed by atoms with Crippen molar-refractivity contribution in [3.8, 4) is 0 Å². The second-order valence-corrected chi connectivity index (χ2v) is 7.81. The Morgan fingerprint density at radius 1 is 1.19 bits per heavy atom. The molecule has 1 aromatic rings. The van der Waals surface area contributed by atoms with E-state index in [1.165, 1.54) is 12.8 Å². The number of carbonyl (C=O) groups excluding carboxylic acids is 3. The van der Waals surface area contributed by atoms with Gasteiger partial charge in [0.05, 0.1) is 0 Å². The maximum absolute atomic E-state index is 12.9. The molecule has 1 unspecified atom stereocenters. The molecule has 4 rings (SSSR count). The fourth-order valence-corrected chi connectivity index (χ4v) is 4.55. The van der Waals surface area contributed by atoms with Crippen LogP contribution in [0, 0.1) is 5.92 Å². The molecule has 0 radical (unpaired) electrons. The first-order chi connectivity index (χ1) is 13.1. The number of amides is 3. The molecule has 0 aromatic heterocycles. The van der Waals surface area contributed by atoms with Gasteiger partial charge < -0.3 is 16.0 Å². The Labute approximate surface area is 158 Å². The minimum Gasteiger partial charge on any atom is -0.330 e. The average Bonchev–Trinajstić information content (AvgIpc) is 3.24. The quantitative estimate of drug-likeness (QED) is 0.661. The summed E-state index contributed by atoms with van der Waals surface area (Å²) in [5.74, 6) is -0.231. The predicted octanol–water partition coefficient (Wildman–Crippen LogP) is 0.665. The standard InChI is InChI=1S/C20H26N4O3/c21-9-13-2-1-3-16(13)22-10-12-4-5-14-11-24(20(27)15(14)8-12)17-6-7-18(25)23-19(17)26/h4-5,8,13,16-17,22H,1-3,6-7,9-11,21H2,(H,23,25,26)/t13-,16+,17?/m1/s1. The first kappa shape index (κ1) is 18.1. The normalized spacial score (nSPS) is 27.8. The molecule has 3 amide bonds. The molecule has 2 aliphatic heterocycles. The Balaban J connectivity index is 1.43. The van der Waals surface area contributed by atoms with Crippen LogP contribution in [0.4, 0.5) is 0 Å². The molecule has 1 aliphatic carbocycles. The molecule has 4 N–H and O–H groups in total. The lowest BCUT2D eigenvalue weighted by Gasteiger charge is -2.29. The Kier molecular flexibility index (Phi) is 4.97. The number of fused-ring (bicyclic) bond motifs is 1. The van der Waals surface area contributed by atoms with Gasteiger partial charge >= 0.3 is 0 Å². The van der Waals surface area contributed by atoms with Gasteiger partial charge in [-0.3, -0.25) is 19.7 Å². The van der Waals surface area contributed by atoms with Gasteiger partial charge in [0, 0.05) is 31.1 Å². The minimum absolute atomic E-state index is 0.123. The molecule has 2 fully saturated rings. The van der Waals surface area contributed by atoms with E-state index in [9.17, 15) is 14.4 Å². The highest BCUT2D eigenvalue weighted by Crippen LogP contribution is 2.29. The number of hydrogen-bond acceptors (Lipinski definition) is 5. The number of benzene rings is 1. The maximum Gasteiger partial charge on any atom is 0.255 e. The van der Waals surface area contributed by atoms with Crippen LogP contribution in [0.2, 0.25) is 0 Å². The lowest BCUT2D eigenvalue weighted by Crippen LogP contribution is -2.52. The van der Waals surface area contributed by atoms with Crippen LogP contribution in [0.5, 0.6) is 0 Å². The zero-order valence-electron chi connectivity index (χ0n) is 15.4. The highest BCUT2D eigenvalue weighted by molar-refractivity contribution is 6.05. The number of piperidine rings is 1. The van der Waals surface area contributed by atoms with Gasteiger partial charge in [0.15, 0.2) is 0 Å². The van der Waals surface area contributed by atoms with Crippen LogP contribution in [0.15, 0.2) is 18.2 Å². The first-order valence-electron chi connectivity index (χ1n) is 9.76. The van der Waals surface area contributed by atoms with Gasteiger partial charge in [-0.05, 0) is 48.9 Å². The Hall–Kier alpha value is -2.25. The molecular weight excluding hydrogens is 344 g/mol. The number of nitrogens with zero attached hydrogens (tertiary/aromatic N) is 1. The van der Waals surface area contributed by atoms with E-state index in [0.29, 0.717) is 43.6 Å². The van der Waals surface area contributed by atoms with Crippen molar-refractivity contribution in [2.45, 2.75) is 57.3 Å². The van der Waals surface area contributed by atoms with E-state index in [4.69, 9.17) is 5.73 Å². The van der Waals surface area contributed by atoms with Crippen LogP contribution in [0.3, 0.4) is 0 Å². The molecule has 3 atom stereocenters. The van der Waals surface area contributed by atoms with E-state index in [0.717, 1.165) is 17.5 Å². The topological polar surface area (TPSA) is 105 Å². The molecular formula is C20H26N4O3. The van der Waals surface area contributed by atoms with Crippen LogP contribution in [-0.4, -0.2) is 41.2 Å². The maximum atomic E-state index is 12.9. The van der Waals surface area contributed by atoms with Crippen LogP contribution in [0.25, 0.3) is 0 Å². The fourth-order valence-electron chi connectivity index (χ4n) is 4.55. The van der Waals surface area contributed by atoms with Crippen molar-refractivity contribution in [2.75, 3.05) is 6.54 Å². The predicted molar refractivity (Wildman–Crippen MR) is 99.5 cm³/mol.